The van der Waals surface area contributed by atoms with Crippen LogP contribution in [0.1, 0.15) is 25.3 Å². The van der Waals surface area contributed by atoms with Crippen LogP contribution < -0.4 is 5.32 Å². The second-order valence-electron chi connectivity index (χ2n) is 6.06. The summed E-state index contributed by atoms with van der Waals surface area (Å²) < 4.78 is 0. The molecule has 0 saturated carbocycles. The predicted molar refractivity (Wildman–Crippen MR) is 86.3 cm³/mol. The van der Waals surface area contributed by atoms with Crippen molar-refractivity contribution in [1.82, 2.24) is 15.1 Å². The van der Waals surface area contributed by atoms with Gasteiger partial charge in [0.25, 0.3) is 0 Å². The standard InChI is InChI=1S/C17H25N3O2/c1-14-9-11-20(12-14)16(21)8-10-18-17(22)19(2)13-15-6-4-3-5-7-15/h3-7,14H,8-13H2,1-2H3,(H,18,22). The van der Waals surface area contributed by atoms with Crippen LogP contribution in [0.4, 0.5) is 4.79 Å². The Morgan fingerprint density at radius 3 is 2.68 bits per heavy atom. The highest BCUT2D eigenvalue weighted by Crippen LogP contribution is 2.15. The molecule has 1 aromatic rings. The summed E-state index contributed by atoms with van der Waals surface area (Å²) >= 11 is 0. The van der Waals surface area contributed by atoms with E-state index < -0.39 is 0 Å². The van der Waals surface area contributed by atoms with E-state index in [9.17, 15) is 9.59 Å². The lowest BCUT2D eigenvalue weighted by Crippen LogP contribution is -2.39. The molecule has 120 valence electrons. The minimum absolute atomic E-state index is 0.135. The summed E-state index contributed by atoms with van der Waals surface area (Å²) in [6.45, 7) is 4.81. The maximum atomic E-state index is 12.0. The molecule has 0 radical (unpaired) electrons. The molecule has 2 rings (SSSR count). The fourth-order valence-electron chi connectivity index (χ4n) is 2.66. The van der Waals surface area contributed by atoms with Crippen molar-refractivity contribution in [3.8, 4) is 0 Å². The summed E-state index contributed by atoms with van der Waals surface area (Å²) in [5.74, 6) is 0.728. The molecule has 1 aromatic carbocycles. The van der Waals surface area contributed by atoms with E-state index in [2.05, 4.69) is 12.2 Å². The highest BCUT2D eigenvalue weighted by molar-refractivity contribution is 5.78. The molecule has 5 nitrogen and oxygen atoms in total. The van der Waals surface area contributed by atoms with Crippen LogP contribution >= 0.6 is 0 Å². The van der Waals surface area contributed by atoms with E-state index in [1.54, 1.807) is 11.9 Å². The molecule has 1 heterocycles. The van der Waals surface area contributed by atoms with Crippen LogP contribution in [-0.4, -0.2) is 48.4 Å². The normalized spacial score (nSPS) is 17.4. The van der Waals surface area contributed by atoms with E-state index in [4.69, 9.17) is 0 Å². The molecular weight excluding hydrogens is 278 g/mol. The number of nitrogens with zero attached hydrogens (tertiary/aromatic N) is 2. The molecule has 1 saturated heterocycles. The Hall–Kier alpha value is -2.04. The Morgan fingerprint density at radius 2 is 2.05 bits per heavy atom. The zero-order valence-corrected chi connectivity index (χ0v) is 13.4. The first-order valence-electron chi connectivity index (χ1n) is 7.87. The Balaban J connectivity index is 1.68. The molecule has 5 heteroatoms. The largest absolute Gasteiger partial charge is 0.342 e. The van der Waals surface area contributed by atoms with E-state index in [1.165, 1.54) is 0 Å². The maximum absolute atomic E-state index is 12.0. The first-order valence-corrected chi connectivity index (χ1v) is 7.87. The van der Waals surface area contributed by atoms with Crippen LogP contribution in [0.5, 0.6) is 0 Å². The van der Waals surface area contributed by atoms with Crippen molar-refractivity contribution in [3.63, 3.8) is 0 Å². The van der Waals surface area contributed by atoms with E-state index in [0.717, 1.165) is 25.1 Å². The van der Waals surface area contributed by atoms with Crippen LogP contribution in [0, 0.1) is 5.92 Å². The van der Waals surface area contributed by atoms with Gasteiger partial charge in [-0.05, 0) is 17.9 Å². The van der Waals surface area contributed by atoms with Crippen molar-refractivity contribution in [1.29, 1.82) is 0 Å². The minimum atomic E-state index is -0.147. The number of hydrogen-bond acceptors (Lipinski definition) is 2. The minimum Gasteiger partial charge on any atom is -0.342 e. The van der Waals surface area contributed by atoms with Crippen molar-refractivity contribution >= 4 is 11.9 Å². The highest BCUT2D eigenvalue weighted by atomic mass is 16.2. The molecule has 1 N–H and O–H groups in total. The van der Waals surface area contributed by atoms with Gasteiger partial charge in [-0.3, -0.25) is 4.79 Å². The van der Waals surface area contributed by atoms with Crippen molar-refractivity contribution in [3.05, 3.63) is 35.9 Å². The molecule has 1 unspecified atom stereocenters. The fraction of sp³-hybridized carbons (Fsp3) is 0.529. The van der Waals surface area contributed by atoms with E-state index >= 15 is 0 Å². The number of hydrogen-bond donors (Lipinski definition) is 1. The van der Waals surface area contributed by atoms with Gasteiger partial charge < -0.3 is 15.1 Å². The lowest BCUT2D eigenvalue weighted by Gasteiger charge is -2.19. The van der Waals surface area contributed by atoms with E-state index in [1.807, 2.05) is 35.2 Å². The van der Waals surface area contributed by atoms with Crippen LogP contribution in [-0.2, 0) is 11.3 Å². The number of carbonyl (C=O) groups is 2. The maximum Gasteiger partial charge on any atom is 0.317 e. The topological polar surface area (TPSA) is 52.7 Å². The SMILES string of the molecule is CC1CCN(C(=O)CCNC(=O)N(C)Cc2ccccc2)C1. The van der Waals surface area contributed by atoms with Gasteiger partial charge in [0.1, 0.15) is 0 Å². The highest BCUT2D eigenvalue weighted by Gasteiger charge is 2.22. The van der Waals surface area contributed by atoms with Crippen LogP contribution in [0.2, 0.25) is 0 Å². The average Bonchev–Trinajstić information content (AvgIpc) is 2.94. The van der Waals surface area contributed by atoms with Gasteiger partial charge in [-0.2, -0.15) is 0 Å². The number of carbonyl (C=O) groups excluding carboxylic acids is 2. The molecule has 1 fully saturated rings. The monoisotopic (exact) mass is 303 g/mol. The predicted octanol–water partition coefficient (Wildman–Crippen LogP) is 2.09. The van der Waals surface area contributed by atoms with Crippen molar-refractivity contribution < 1.29 is 9.59 Å². The molecule has 3 amide bonds. The van der Waals surface area contributed by atoms with Gasteiger partial charge in [0.05, 0.1) is 0 Å². The summed E-state index contributed by atoms with van der Waals surface area (Å²) in [7, 11) is 1.76. The molecule has 0 aromatic heterocycles. The number of likely N-dealkylation sites (tertiary alicyclic amines) is 1. The zero-order chi connectivity index (χ0) is 15.9. The average molecular weight is 303 g/mol. The fourth-order valence-corrected chi connectivity index (χ4v) is 2.66. The first kappa shape index (κ1) is 16.3. The van der Waals surface area contributed by atoms with E-state index in [0.29, 0.717) is 25.4 Å². The molecule has 22 heavy (non-hydrogen) atoms. The number of rotatable bonds is 5. The summed E-state index contributed by atoms with van der Waals surface area (Å²) in [5.41, 5.74) is 1.09. The van der Waals surface area contributed by atoms with Crippen LogP contribution in [0.3, 0.4) is 0 Å². The molecule has 1 atom stereocenters. The molecule has 1 aliphatic heterocycles. The quantitative estimate of drug-likeness (QED) is 0.905. The first-order chi connectivity index (χ1) is 10.6. The molecule has 1 aliphatic rings. The summed E-state index contributed by atoms with van der Waals surface area (Å²) in [6, 6.07) is 9.69. The van der Waals surface area contributed by atoms with Crippen LogP contribution in [0.15, 0.2) is 30.3 Å². The zero-order valence-electron chi connectivity index (χ0n) is 13.4. The second-order valence-corrected chi connectivity index (χ2v) is 6.06. The molecule has 0 spiro atoms. The summed E-state index contributed by atoms with van der Waals surface area (Å²) in [6.07, 6.45) is 1.45. The molecular formula is C17H25N3O2. The van der Waals surface area contributed by atoms with Crippen molar-refractivity contribution in [2.45, 2.75) is 26.3 Å². The molecule has 0 bridgehead atoms. The van der Waals surface area contributed by atoms with Gasteiger partial charge in [-0.1, -0.05) is 37.3 Å². The Labute approximate surface area is 132 Å². The molecule has 0 aliphatic carbocycles. The van der Waals surface area contributed by atoms with Crippen LogP contribution in [0.25, 0.3) is 0 Å². The second kappa shape index (κ2) is 7.82. The smallest absolute Gasteiger partial charge is 0.317 e. The van der Waals surface area contributed by atoms with Gasteiger partial charge in [0, 0.05) is 39.6 Å². The number of urea groups is 1. The third kappa shape index (κ3) is 4.76. The van der Waals surface area contributed by atoms with Gasteiger partial charge in [-0.25, -0.2) is 4.79 Å². The lowest BCUT2D eigenvalue weighted by molar-refractivity contribution is -0.130. The Kier molecular flexibility index (Phi) is 5.81. The Morgan fingerprint density at radius 1 is 1.32 bits per heavy atom. The van der Waals surface area contributed by atoms with Gasteiger partial charge in [-0.15, -0.1) is 0 Å². The van der Waals surface area contributed by atoms with E-state index in [-0.39, 0.29) is 11.9 Å². The number of amides is 3. The summed E-state index contributed by atoms with van der Waals surface area (Å²) in [5, 5.41) is 2.81. The van der Waals surface area contributed by atoms with Gasteiger partial charge in [0.15, 0.2) is 0 Å². The van der Waals surface area contributed by atoms with Crippen molar-refractivity contribution in [2.75, 3.05) is 26.7 Å². The van der Waals surface area contributed by atoms with Gasteiger partial charge in [0.2, 0.25) is 5.91 Å². The number of nitrogens with one attached hydrogen (secondary N) is 1. The summed E-state index contributed by atoms with van der Waals surface area (Å²) in [4.78, 5) is 27.5. The number of benzene rings is 1. The third-order valence-electron chi connectivity index (χ3n) is 4.00. The van der Waals surface area contributed by atoms with Gasteiger partial charge >= 0.3 is 6.03 Å². The van der Waals surface area contributed by atoms with Crippen molar-refractivity contribution in [2.24, 2.45) is 5.92 Å². The lowest BCUT2D eigenvalue weighted by atomic mass is 10.2. The Bertz CT molecular complexity index is 504. The third-order valence-corrected chi connectivity index (χ3v) is 4.00.